The Hall–Kier alpha value is -2.11. The number of fused-ring (bicyclic) bond motifs is 1. The first-order valence-corrected chi connectivity index (χ1v) is 5.54. The minimum Gasteiger partial charge on any atom is -0.411 e. The highest BCUT2D eigenvalue weighted by molar-refractivity contribution is 6.10. The molecule has 0 aliphatic carbocycles. The zero-order chi connectivity index (χ0) is 13.3. The lowest BCUT2D eigenvalue weighted by Crippen LogP contribution is -2.43. The lowest BCUT2D eigenvalue weighted by molar-refractivity contribution is 0.223. The number of oxime groups is 1. The lowest BCUT2D eigenvalue weighted by Gasteiger charge is -2.31. The largest absolute Gasteiger partial charge is 0.411 e. The zero-order valence-corrected chi connectivity index (χ0v) is 10.2. The Morgan fingerprint density at radius 3 is 2.83 bits per heavy atom. The summed E-state index contributed by atoms with van der Waals surface area (Å²) in [6.07, 6.45) is 0.395. The van der Waals surface area contributed by atoms with Crippen LogP contribution in [0.4, 0.5) is 14.9 Å². The van der Waals surface area contributed by atoms with E-state index in [9.17, 15) is 9.18 Å². The van der Waals surface area contributed by atoms with Crippen molar-refractivity contribution in [2.75, 3.05) is 25.5 Å². The van der Waals surface area contributed by atoms with Crippen LogP contribution >= 0.6 is 0 Å². The first-order valence-electron chi connectivity index (χ1n) is 5.54. The van der Waals surface area contributed by atoms with Crippen LogP contribution in [0.3, 0.4) is 0 Å². The third-order valence-electron chi connectivity index (χ3n) is 2.87. The van der Waals surface area contributed by atoms with E-state index in [0.29, 0.717) is 29.9 Å². The number of carbonyl (C=O) groups excluding carboxylic acids is 1. The van der Waals surface area contributed by atoms with Gasteiger partial charge in [-0.25, -0.2) is 9.18 Å². The van der Waals surface area contributed by atoms with E-state index < -0.39 is 5.82 Å². The molecule has 6 heteroatoms. The Morgan fingerprint density at radius 1 is 1.50 bits per heavy atom. The molecular formula is C12H14FN3O2. The quantitative estimate of drug-likeness (QED) is 0.565. The monoisotopic (exact) mass is 251 g/mol. The molecular weight excluding hydrogens is 237 g/mol. The molecule has 0 unspecified atom stereocenters. The van der Waals surface area contributed by atoms with E-state index >= 15 is 0 Å². The maximum atomic E-state index is 13.2. The predicted octanol–water partition coefficient (Wildman–Crippen LogP) is 1.90. The molecule has 0 spiro atoms. The minimum atomic E-state index is -0.422. The topological polar surface area (TPSA) is 56.1 Å². The van der Waals surface area contributed by atoms with Crippen molar-refractivity contribution >= 4 is 17.4 Å². The number of halogens is 1. The summed E-state index contributed by atoms with van der Waals surface area (Å²) in [5.74, 6) is -0.422. The van der Waals surface area contributed by atoms with E-state index in [-0.39, 0.29) is 6.03 Å². The molecule has 2 rings (SSSR count). The van der Waals surface area contributed by atoms with Crippen molar-refractivity contribution < 1.29 is 14.4 Å². The normalized spacial score (nSPS) is 16.6. The van der Waals surface area contributed by atoms with Crippen LogP contribution in [0.2, 0.25) is 0 Å². The van der Waals surface area contributed by atoms with E-state index in [4.69, 9.17) is 5.21 Å². The Kier molecular flexibility index (Phi) is 3.18. The molecule has 1 aliphatic rings. The van der Waals surface area contributed by atoms with Gasteiger partial charge in [-0.15, -0.1) is 0 Å². The van der Waals surface area contributed by atoms with E-state index in [1.165, 1.54) is 23.1 Å². The first kappa shape index (κ1) is 12.3. The van der Waals surface area contributed by atoms with Crippen LogP contribution in [-0.4, -0.2) is 42.5 Å². The van der Waals surface area contributed by atoms with Crippen molar-refractivity contribution in [3.05, 3.63) is 29.6 Å². The number of amides is 2. The number of anilines is 1. The van der Waals surface area contributed by atoms with Gasteiger partial charge in [0.2, 0.25) is 0 Å². The Bertz CT molecular complexity index is 514. The van der Waals surface area contributed by atoms with Crippen molar-refractivity contribution in [3.8, 4) is 0 Å². The SMILES string of the molecule is CN(C)C(=O)N1CC/C(=N/O)c2cc(F)ccc21. The molecule has 1 aromatic rings. The number of carbonyl (C=O) groups is 1. The molecule has 1 aromatic carbocycles. The smallest absolute Gasteiger partial charge is 0.323 e. The second-order valence-electron chi connectivity index (χ2n) is 4.29. The van der Waals surface area contributed by atoms with Crippen LogP contribution in [0.25, 0.3) is 0 Å². The predicted molar refractivity (Wildman–Crippen MR) is 65.8 cm³/mol. The summed E-state index contributed by atoms with van der Waals surface area (Å²) >= 11 is 0. The molecule has 0 atom stereocenters. The van der Waals surface area contributed by atoms with Crippen LogP contribution in [0.1, 0.15) is 12.0 Å². The average molecular weight is 251 g/mol. The van der Waals surface area contributed by atoms with Gasteiger partial charge in [0, 0.05) is 32.6 Å². The van der Waals surface area contributed by atoms with Crippen molar-refractivity contribution in [2.24, 2.45) is 5.16 Å². The molecule has 5 nitrogen and oxygen atoms in total. The second kappa shape index (κ2) is 4.64. The Labute approximate surface area is 104 Å². The van der Waals surface area contributed by atoms with Gasteiger partial charge >= 0.3 is 6.03 Å². The van der Waals surface area contributed by atoms with E-state index in [1.54, 1.807) is 19.0 Å². The summed E-state index contributed by atoms with van der Waals surface area (Å²) < 4.78 is 13.2. The number of urea groups is 1. The maximum Gasteiger partial charge on any atom is 0.323 e. The summed E-state index contributed by atoms with van der Waals surface area (Å²) in [5, 5.41) is 12.1. The Balaban J connectivity index is 2.50. The number of benzene rings is 1. The molecule has 0 bridgehead atoms. The molecule has 0 fully saturated rings. The van der Waals surface area contributed by atoms with Crippen molar-refractivity contribution in [2.45, 2.75) is 6.42 Å². The van der Waals surface area contributed by atoms with Gasteiger partial charge < -0.3 is 10.1 Å². The summed E-state index contributed by atoms with van der Waals surface area (Å²) in [5.41, 5.74) is 1.42. The van der Waals surface area contributed by atoms with Gasteiger partial charge in [0.1, 0.15) is 5.82 Å². The van der Waals surface area contributed by atoms with Crippen LogP contribution in [-0.2, 0) is 0 Å². The van der Waals surface area contributed by atoms with Gasteiger partial charge in [-0.05, 0) is 18.2 Å². The van der Waals surface area contributed by atoms with E-state index in [1.807, 2.05) is 0 Å². The Morgan fingerprint density at radius 2 is 2.22 bits per heavy atom. The van der Waals surface area contributed by atoms with Crippen molar-refractivity contribution in [1.82, 2.24) is 4.90 Å². The third-order valence-corrected chi connectivity index (χ3v) is 2.87. The highest BCUT2D eigenvalue weighted by atomic mass is 19.1. The third kappa shape index (κ3) is 2.01. The van der Waals surface area contributed by atoms with Crippen LogP contribution < -0.4 is 4.90 Å². The highest BCUT2D eigenvalue weighted by Crippen LogP contribution is 2.28. The molecule has 1 N–H and O–H groups in total. The number of hydrogen-bond donors (Lipinski definition) is 1. The van der Waals surface area contributed by atoms with Gasteiger partial charge in [-0.3, -0.25) is 4.90 Å². The van der Waals surface area contributed by atoms with Crippen molar-refractivity contribution in [3.63, 3.8) is 0 Å². The van der Waals surface area contributed by atoms with Crippen molar-refractivity contribution in [1.29, 1.82) is 0 Å². The molecule has 1 aliphatic heterocycles. The average Bonchev–Trinajstić information content (AvgIpc) is 2.36. The van der Waals surface area contributed by atoms with E-state index in [2.05, 4.69) is 5.16 Å². The second-order valence-corrected chi connectivity index (χ2v) is 4.29. The summed E-state index contributed by atoms with van der Waals surface area (Å²) in [4.78, 5) is 15.0. The van der Waals surface area contributed by atoms with Gasteiger partial charge in [0.05, 0.1) is 11.4 Å². The molecule has 0 saturated carbocycles. The maximum absolute atomic E-state index is 13.2. The molecule has 1 heterocycles. The fourth-order valence-electron chi connectivity index (χ4n) is 1.99. The minimum absolute atomic E-state index is 0.181. The molecule has 18 heavy (non-hydrogen) atoms. The fraction of sp³-hybridized carbons (Fsp3) is 0.333. The summed E-state index contributed by atoms with van der Waals surface area (Å²) in [7, 11) is 3.31. The van der Waals surface area contributed by atoms with Gasteiger partial charge in [-0.2, -0.15) is 0 Å². The number of nitrogens with zero attached hydrogens (tertiary/aromatic N) is 3. The molecule has 2 amide bonds. The molecule has 96 valence electrons. The lowest BCUT2D eigenvalue weighted by atomic mass is 9.99. The highest BCUT2D eigenvalue weighted by Gasteiger charge is 2.27. The summed E-state index contributed by atoms with van der Waals surface area (Å²) in [6.45, 7) is 0.412. The number of rotatable bonds is 0. The molecule has 0 saturated heterocycles. The van der Waals surface area contributed by atoms with E-state index in [0.717, 1.165) is 0 Å². The fourth-order valence-corrected chi connectivity index (χ4v) is 1.99. The molecule has 0 aromatic heterocycles. The van der Waals surface area contributed by atoms with Gasteiger partial charge in [0.15, 0.2) is 0 Å². The van der Waals surface area contributed by atoms with Crippen LogP contribution in [0, 0.1) is 5.82 Å². The van der Waals surface area contributed by atoms with Gasteiger partial charge in [0.25, 0.3) is 0 Å². The standard InChI is InChI=1S/C12H14FN3O2/c1-15(2)12(17)16-6-5-10(14-18)9-7-8(13)3-4-11(9)16/h3-4,7,18H,5-6H2,1-2H3/b14-10-. The van der Waals surface area contributed by atoms with Crippen LogP contribution in [0.5, 0.6) is 0 Å². The summed E-state index contributed by atoms with van der Waals surface area (Å²) in [6, 6.07) is 3.91. The van der Waals surface area contributed by atoms with Crippen LogP contribution in [0.15, 0.2) is 23.4 Å². The van der Waals surface area contributed by atoms with Gasteiger partial charge in [-0.1, -0.05) is 5.16 Å². The number of hydrogen-bond acceptors (Lipinski definition) is 3. The zero-order valence-electron chi connectivity index (χ0n) is 10.2. The first-order chi connectivity index (χ1) is 8.54. The molecule has 0 radical (unpaired) electrons.